The largest absolute Gasteiger partial charge is 0.423 e. The van der Waals surface area contributed by atoms with Crippen LogP contribution in [0.5, 0.6) is 5.75 Å². The maximum atomic E-state index is 14.5. The number of benzene rings is 2. The fourth-order valence-electron chi connectivity index (χ4n) is 2.95. The van der Waals surface area contributed by atoms with Crippen LogP contribution in [0.15, 0.2) is 48.8 Å². The summed E-state index contributed by atoms with van der Waals surface area (Å²) < 4.78 is 46.8. The van der Waals surface area contributed by atoms with E-state index in [1.807, 2.05) is 0 Å². The van der Waals surface area contributed by atoms with Crippen molar-refractivity contribution in [3.63, 3.8) is 0 Å². The Kier molecular flexibility index (Phi) is 7.17. The van der Waals surface area contributed by atoms with Crippen LogP contribution >= 0.6 is 0 Å². The monoisotopic (exact) mass is 414 g/mol. The Labute approximate surface area is 172 Å². The topological polar surface area (TPSA) is 52.1 Å². The van der Waals surface area contributed by atoms with E-state index >= 15 is 0 Å². The first-order valence-corrected chi connectivity index (χ1v) is 9.76. The first-order chi connectivity index (χ1) is 14.5. The van der Waals surface area contributed by atoms with E-state index < -0.39 is 29.0 Å². The van der Waals surface area contributed by atoms with Crippen molar-refractivity contribution >= 4 is 5.97 Å². The van der Waals surface area contributed by atoms with Crippen LogP contribution in [-0.2, 0) is 6.42 Å². The first kappa shape index (κ1) is 21.5. The third-order valence-corrected chi connectivity index (χ3v) is 4.55. The number of nitrogens with zero attached hydrogens (tertiary/aromatic N) is 2. The van der Waals surface area contributed by atoms with Crippen molar-refractivity contribution in [1.82, 2.24) is 9.97 Å². The van der Waals surface area contributed by atoms with Gasteiger partial charge in [0.15, 0.2) is 5.82 Å². The van der Waals surface area contributed by atoms with E-state index in [1.165, 1.54) is 18.6 Å². The molecule has 3 rings (SSSR count). The number of aryl methyl sites for hydroxylation is 1. The van der Waals surface area contributed by atoms with Gasteiger partial charge in [0.1, 0.15) is 28.8 Å². The molecule has 2 aromatic carbocycles. The van der Waals surface area contributed by atoms with Crippen LogP contribution in [0.25, 0.3) is 11.4 Å². The van der Waals surface area contributed by atoms with E-state index in [-0.39, 0.29) is 17.1 Å². The molecule has 0 fully saturated rings. The van der Waals surface area contributed by atoms with E-state index in [2.05, 4.69) is 16.9 Å². The SMILES string of the molecule is CCCCCCc1cnc(-c2cc(F)c(C(=O)Oc3ccc(F)cc3)c(F)c2)nc1. The molecule has 0 N–H and O–H groups in total. The van der Waals surface area contributed by atoms with Gasteiger partial charge >= 0.3 is 5.97 Å². The fourth-order valence-corrected chi connectivity index (χ4v) is 2.95. The second-order valence-electron chi connectivity index (χ2n) is 6.88. The molecule has 0 unspecified atom stereocenters. The lowest BCUT2D eigenvalue weighted by molar-refractivity contribution is 0.0724. The molecule has 0 spiro atoms. The molecule has 0 aliphatic heterocycles. The average Bonchev–Trinajstić information content (AvgIpc) is 2.73. The minimum absolute atomic E-state index is 0.0258. The summed E-state index contributed by atoms with van der Waals surface area (Å²) in [6.45, 7) is 2.14. The lowest BCUT2D eigenvalue weighted by Gasteiger charge is -2.08. The summed E-state index contributed by atoms with van der Waals surface area (Å²) in [5.74, 6) is -3.80. The Balaban J connectivity index is 1.73. The zero-order valence-corrected chi connectivity index (χ0v) is 16.5. The zero-order chi connectivity index (χ0) is 21.5. The van der Waals surface area contributed by atoms with Crippen LogP contribution in [0.4, 0.5) is 13.2 Å². The summed E-state index contributed by atoms with van der Waals surface area (Å²) in [4.78, 5) is 20.5. The number of halogens is 3. The molecule has 0 atom stereocenters. The van der Waals surface area contributed by atoms with Crippen molar-refractivity contribution in [3.8, 4) is 17.1 Å². The third kappa shape index (κ3) is 5.43. The number of esters is 1. The number of carbonyl (C=O) groups is 1. The second-order valence-corrected chi connectivity index (χ2v) is 6.88. The van der Waals surface area contributed by atoms with Gasteiger partial charge < -0.3 is 4.74 Å². The molecule has 156 valence electrons. The summed E-state index contributed by atoms with van der Waals surface area (Å²) in [6.07, 6.45) is 8.61. The van der Waals surface area contributed by atoms with Crippen molar-refractivity contribution in [2.45, 2.75) is 39.0 Å². The Bertz CT molecular complexity index is 983. The van der Waals surface area contributed by atoms with Gasteiger partial charge in [-0.05, 0) is 54.8 Å². The molecule has 0 radical (unpaired) electrons. The van der Waals surface area contributed by atoms with Gasteiger partial charge in [0, 0.05) is 18.0 Å². The summed E-state index contributed by atoms with van der Waals surface area (Å²) in [6, 6.07) is 6.50. The standard InChI is InChI=1S/C23H21F3N2O2/c1-2-3-4-5-6-15-13-27-22(28-14-15)16-11-19(25)21(20(26)12-16)23(29)30-18-9-7-17(24)8-10-18/h7-14H,2-6H2,1H3. The number of ether oxygens (including phenoxy) is 1. The number of carbonyl (C=O) groups excluding carboxylic acids is 1. The van der Waals surface area contributed by atoms with Crippen LogP contribution in [0.2, 0.25) is 0 Å². The molecule has 0 aliphatic carbocycles. The molecule has 0 saturated heterocycles. The Morgan fingerprint density at radius 1 is 0.933 bits per heavy atom. The van der Waals surface area contributed by atoms with Gasteiger partial charge in [0.25, 0.3) is 0 Å². The minimum atomic E-state index is -1.22. The van der Waals surface area contributed by atoms with E-state index in [9.17, 15) is 18.0 Å². The molecule has 0 saturated carbocycles. The van der Waals surface area contributed by atoms with E-state index in [4.69, 9.17) is 4.74 Å². The Morgan fingerprint density at radius 3 is 2.17 bits per heavy atom. The van der Waals surface area contributed by atoms with E-state index in [0.29, 0.717) is 0 Å². The number of hydrogen-bond donors (Lipinski definition) is 0. The van der Waals surface area contributed by atoms with Gasteiger partial charge in [-0.2, -0.15) is 0 Å². The molecule has 0 amide bonds. The molecule has 0 aliphatic rings. The van der Waals surface area contributed by atoms with Crippen LogP contribution in [0.3, 0.4) is 0 Å². The highest BCUT2D eigenvalue weighted by molar-refractivity contribution is 5.92. The number of unbranched alkanes of at least 4 members (excludes halogenated alkanes) is 3. The predicted octanol–water partition coefficient (Wildman–Crippen LogP) is 5.90. The van der Waals surface area contributed by atoms with Gasteiger partial charge in [-0.15, -0.1) is 0 Å². The van der Waals surface area contributed by atoms with Crippen LogP contribution in [0.1, 0.15) is 48.5 Å². The molecule has 30 heavy (non-hydrogen) atoms. The lowest BCUT2D eigenvalue weighted by atomic mass is 10.1. The maximum absolute atomic E-state index is 14.5. The highest BCUT2D eigenvalue weighted by Gasteiger charge is 2.22. The summed E-state index contributed by atoms with van der Waals surface area (Å²) in [5.41, 5.74) is 0.228. The van der Waals surface area contributed by atoms with Crippen molar-refractivity contribution in [1.29, 1.82) is 0 Å². The van der Waals surface area contributed by atoms with Crippen molar-refractivity contribution in [3.05, 3.63) is 77.4 Å². The molecule has 1 heterocycles. The molecule has 4 nitrogen and oxygen atoms in total. The first-order valence-electron chi connectivity index (χ1n) is 9.76. The smallest absolute Gasteiger partial charge is 0.349 e. The third-order valence-electron chi connectivity index (χ3n) is 4.55. The molecular formula is C23H21F3N2O2. The number of rotatable bonds is 8. The van der Waals surface area contributed by atoms with Crippen LogP contribution in [-0.4, -0.2) is 15.9 Å². The van der Waals surface area contributed by atoms with Crippen molar-refractivity contribution < 1.29 is 22.7 Å². The normalized spacial score (nSPS) is 10.8. The van der Waals surface area contributed by atoms with E-state index in [1.54, 1.807) is 12.4 Å². The van der Waals surface area contributed by atoms with Crippen LogP contribution in [0, 0.1) is 17.5 Å². The summed E-state index contributed by atoms with van der Waals surface area (Å²) in [7, 11) is 0. The Hall–Kier alpha value is -3.22. The van der Waals surface area contributed by atoms with Gasteiger partial charge in [-0.25, -0.2) is 27.9 Å². The molecular weight excluding hydrogens is 393 g/mol. The highest BCUT2D eigenvalue weighted by Crippen LogP contribution is 2.24. The molecule has 7 heteroatoms. The van der Waals surface area contributed by atoms with Crippen LogP contribution < -0.4 is 4.74 Å². The summed E-state index contributed by atoms with van der Waals surface area (Å²) >= 11 is 0. The zero-order valence-electron chi connectivity index (χ0n) is 16.5. The van der Waals surface area contributed by atoms with Gasteiger partial charge in [-0.3, -0.25) is 0 Å². The predicted molar refractivity (Wildman–Crippen MR) is 107 cm³/mol. The Morgan fingerprint density at radius 2 is 1.57 bits per heavy atom. The molecule has 0 bridgehead atoms. The molecule has 3 aromatic rings. The quantitative estimate of drug-likeness (QED) is 0.261. The van der Waals surface area contributed by atoms with E-state index in [0.717, 1.165) is 55.5 Å². The van der Waals surface area contributed by atoms with Gasteiger partial charge in [0.05, 0.1) is 0 Å². The molecule has 1 aromatic heterocycles. The fraction of sp³-hybridized carbons (Fsp3) is 0.261. The second kappa shape index (κ2) is 10.0. The average molecular weight is 414 g/mol. The van der Waals surface area contributed by atoms with Gasteiger partial charge in [-0.1, -0.05) is 26.2 Å². The van der Waals surface area contributed by atoms with Gasteiger partial charge in [0.2, 0.25) is 0 Å². The minimum Gasteiger partial charge on any atom is -0.423 e. The maximum Gasteiger partial charge on any atom is 0.349 e. The lowest BCUT2D eigenvalue weighted by Crippen LogP contribution is -2.13. The number of aromatic nitrogens is 2. The van der Waals surface area contributed by atoms with Crippen molar-refractivity contribution in [2.24, 2.45) is 0 Å². The highest BCUT2D eigenvalue weighted by atomic mass is 19.1. The summed E-state index contributed by atoms with van der Waals surface area (Å²) in [5, 5.41) is 0. The van der Waals surface area contributed by atoms with Crippen molar-refractivity contribution in [2.75, 3.05) is 0 Å². The number of hydrogen-bond acceptors (Lipinski definition) is 4.